The van der Waals surface area contributed by atoms with Gasteiger partial charge in [0.25, 0.3) is 0 Å². The van der Waals surface area contributed by atoms with E-state index in [9.17, 15) is 0 Å². The van der Waals surface area contributed by atoms with Crippen LogP contribution in [-0.4, -0.2) is 32.8 Å². The quantitative estimate of drug-likeness (QED) is 0.284. The van der Waals surface area contributed by atoms with Gasteiger partial charge in [-0.15, -0.1) is 21.5 Å². The Balaban J connectivity index is 1.48. The highest BCUT2D eigenvalue weighted by atomic mass is 32.2. The van der Waals surface area contributed by atoms with Crippen molar-refractivity contribution in [1.29, 1.82) is 0 Å². The minimum Gasteiger partial charge on any atom is -0.372 e. The average Bonchev–Trinajstić information content (AvgIpc) is 3.46. The molecule has 160 valence electrons. The largest absolute Gasteiger partial charge is 0.372 e. The Bertz CT molecular complexity index is 1100. The number of anilines is 1. The van der Waals surface area contributed by atoms with Crippen molar-refractivity contribution in [1.82, 2.24) is 19.7 Å². The minimum absolute atomic E-state index is 0.780. The molecule has 0 saturated heterocycles. The summed E-state index contributed by atoms with van der Waals surface area (Å²) in [4.78, 5) is 7.13. The summed E-state index contributed by atoms with van der Waals surface area (Å²) in [6.07, 6.45) is 0. The molecule has 2 heterocycles. The maximum atomic E-state index is 4.79. The molecule has 0 atom stereocenters. The molecular formula is C24H27N5S2. The molecule has 0 N–H and O–H groups in total. The van der Waals surface area contributed by atoms with Crippen LogP contribution in [0.5, 0.6) is 0 Å². The molecule has 0 aliphatic rings. The predicted octanol–water partition coefficient (Wildman–Crippen LogP) is 6.23. The summed E-state index contributed by atoms with van der Waals surface area (Å²) in [7, 11) is 0. The smallest absolute Gasteiger partial charge is 0.191 e. The molecule has 5 nitrogen and oxygen atoms in total. The summed E-state index contributed by atoms with van der Waals surface area (Å²) in [6.45, 7) is 9.33. The van der Waals surface area contributed by atoms with Crippen LogP contribution in [0, 0.1) is 0 Å². The Kier molecular flexibility index (Phi) is 7.04. The highest BCUT2D eigenvalue weighted by Crippen LogP contribution is 2.30. The number of aromatic nitrogens is 4. The second-order valence-corrected chi connectivity index (χ2v) is 8.87. The van der Waals surface area contributed by atoms with Crippen molar-refractivity contribution < 1.29 is 0 Å². The predicted molar refractivity (Wildman–Crippen MR) is 132 cm³/mol. The molecule has 0 saturated carbocycles. The summed E-state index contributed by atoms with van der Waals surface area (Å²) in [5, 5.41) is 13.1. The number of nitrogens with zero attached hydrogens (tertiary/aromatic N) is 5. The highest BCUT2D eigenvalue weighted by Gasteiger charge is 2.15. The van der Waals surface area contributed by atoms with E-state index in [4.69, 9.17) is 4.98 Å². The molecule has 0 spiro atoms. The Morgan fingerprint density at radius 1 is 0.903 bits per heavy atom. The van der Waals surface area contributed by atoms with E-state index in [1.807, 2.05) is 18.2 Å². The van der Waals surface area contributed by atoms with Gasteiger partial charge in [-0.2, -0.15) is 0 Å². The van der Waals surface area contributed by atoms with Crippen molar-refractivity contribution in [2.75, 3.05) is 18.0 Å². The van der Waals surface area contributed by atoms with Crippen molar-refractivity contribution in [3.8, 4) is 22.0 Å². The van der Waals surface area contributed by atoms with Gasteiger partial charge in [-0.05, 0) is 45.0 Å². The van der Waals surface area contributed by atoms with E-state index in [2.05, 4.69) is 82.2 Å². The topological polar surface area (TPSA) is 46.8 Å². The fourth-order valence-electron chi connectivity index (χ4n) is 3.53. The molecule has 4 aromatic rings. The first-order chi connectivity index (χ1) is 15.2. The van der Waals surface area contributed by atoms with Gasteiger partial charge in [-0.25, -0.2) is 4.98 Å². The van der Waals surface area contributed by atoms with Crippen LogP contribution in [-0.2, 0) is 12.3 Å². The molecule has 4 rings (SSSR count). The van der Waals surface area contributed by atoms with E-state index in [0.29, 0.717) is 0 Å². The van der Waals surface area contributed by atoms with Crippen molar-refractivity contribution in [2.24, 2.45) is 0 Å². The van der Waals surface area contributed by atoms with Crippen LogP contribution in [0.4, 0.5) is 5.69 Å². The zero-order valence-electron chi connectivity index (χ0n) is 18.2. The first-order valence-electron chi connectivity index (χ1n) is 10.6. The molecule has 0 radical (unpaired) electrons. The normalized spacial score (nSPS) is 11.1. The van der Waals surface area contributed by atoms with Crippen LogP contribution in [0.2, 0.25) is 0 Å². The van der Waals surface area contributed by atoms with E-state index < -0.39 is 0 Å². The maximum absolute atomic E-state index is 4.79. The molecule has 31 heavy (non-hydrogen) atoms. The first-order valence-corrected chi connectivity index (χ1v) is 12.5. The van der Waals surface area contributed by atoms with Crippen LogP contribution in [0.15, 0.2) is 65.1 Å². The third kappa shape index (κ3) is 4.83. The van der Waals surface area contributed by atoms with E-state index >= 15 is 0 Å². The number of thioether (sulfide) groups is 1. The number of benzene rings is 2. The number of hydrogen-bond donors (Lipinski definition) is 0. The third-order valence-electron chi connectivity index (χ3n) is 5.21. The molecule has 0 bridgehead atoms. The van der Waals surface area contributed by atoms with Gasteiger partial charge in [0, 0.05) is 47.6 Å². The molecule has 0 amide bonds. The van der Waals surface area contributed by atoms with Gasteiger partial charge < -0.3 is 9.47 Å². The molecule has 0 fully saturated rings. The van der Waals surface area contributed by atoms with Crippen molar-refractivity contribution in [3.05, 3.63) is 65.7 Å². The van der Waals surface area contributed by atoms with Gasteiger partial charge in [0.05, 0.1) is 5.69 Å². The van der Waals surface area contributed by atoms with E-state index in [1.165, 1.54) is 5.69 Å². The molecule has 0 aliphatic heterocycles. The maximum Gasteiger partial charge on any atom is 0.191 e. The monoisotopic (exact) mass is 449 g/mol. The van der Waals surface area contributed by atoms with Crippen LogP contribution in [0.25, 0.3) is 22.0 Å². The fraction of sp³-hybridized carbons (Fsp3) is 0.292. The van der Waals surface area contributed by atoms with Crippen LogP contribution in [0.1, 0.15) is 26.5 Å². The highest BCUT2D eigenvalue weighted by molar-refractivity contribution is 7.98. The van der Waals surface area contributed by atoms with Gasteiger partial charge in [-0.1, -0.05) is 42.1 Å². The SMILES string of the molecule is CCN(CC)c1ccc(-c2nnc(SCc3csc(-c4ccccc4)n3)n2CC)cc1. The van der Waals surface area contributed by atoms with E-state index in [1.54, 1.807) is 23.1 Å². The Morgan fingerprint density at radius 2 is 1.65 bits per heavy atom. The second-order valence-electron chi connectivity index (χ2n) is 7.07. The van der Waals surface area contributed by atoms with Gasteiger partial charge in [0.15, 0.2) is 11.0 Å². The third-order valence-corrected chi connectivity index (χ3v) is 7.15. The van der Waals surface area contributed by atoms with Gasteiger partial charge >= 0.3 is 0 Å². The first kappa shape index (κ1) is 21.6. The molecule has 2 aromatic heterocycles. The van der Waals surface area contributed by atoms with E-state index in [0.717, 1.165) is 58.2 Å². The van der Waals surface area contributed by atoms with Gasteiger partial charge in [0.2, 0.25) is 0 Å². The lowest BCUT2D eigenvalue weighted by atomic mass is 10.2. The summed E-state index contributed by atoms with van der Waals surface area (Å²) < 4.78 is 2.18. The lowest BCUT2D eigenvalue weighted by Gasteiger charge is -2.21. The summed E-state index contributed by atoms with van der Waals surface area (Å²) in [6, 6.07) is 18.9. The molecule has 7 heteroatoms. The average molecular weight is 450 g/mol. The standard InChI is InChI=1S/C24H27N5S2/c1-4-28(5-2)21-14-12-18(13-15-21)22-26-27-24(29(22)6-3)31-17-20-16-30-23(25-20)19-10-8-7-9-11-19/h7-16H,4-6,17H2,1-3H3. The zero-order valence-corrected chi connectivity index (χ0v) is 19.8. The molecule has 0 unspecified atom stereocenters. The van der Waals surface area contributed by atoms with Gasteiger partial charge in [-0.3, -0.25) is 0 Å². The number of thiazole rings is 1. The Labute approximate surface area is 192 Å². The second kappa shape index (κ2) is 10.1. The van der Waals surface area contributed by atoms with Crippen molar-refractivity contribution in [3.63, 3.8) is 0 Å². The van der Waals surface area contributed by atoms with Crippen molar-refractivity contribution in [2.45, 2.75) is 38.2 Å². The molecule has 2 aromatic carbocycles. The number of hydrogen-bond acceptors (Lipinski definition) is 6. The fourth-order valence-corrected chi connectivity index (χ4v) is 5.36. The van der Waals surface area contributed by atoms with Crippen LogP contribution < -0.4 is 4.90 Å². The lowest BCUT2D eigenvalue weighted by Crippen LogP contribution is -2.21. The van der Waals surface area contributed by atoms with Crippen LogP contribution in [0.3, 0.4) is 0 Å². The Hall–Kier alpha value is -2.64. The molecule has 0 aliphatic carbocycles. The molecular weight excluding hydrogens is 422 g/mol. The van der Waals surface area contributed by atoms with Crippen LogP contribution >= 0.6 is 23.1 Å². The van der Waals surface area contributed by atoms with Crippen molar-refractivity contribution >= 4 is 28.8 Å². The van der Waals surface area contributed by atoms with Gasteiger partial charge in [0.1, 0.15) is 5.01 Å². The minimum atomic E-state index is 0.780. The summed E-state index contributed by atoms with van der Waals surface area (Å²) in [5.74, 6) is 1.70. The Morgan fingerprint density at radius 3 is 2.32 bits per heavy atom. The zero-order chi connectivity index (χ0) is 21.6. The summed E-state index contributed by atoms with van der Waals surface area (Å²) >= 11 is 3.38. The number of rotatable bonds is 9. The summed E-state index contributed by atoms with van der Waals surface area (Å²) in [5.41, 5.74) is 4.57. The lowest BCUT2D eigenvalue weighted by molar-refractivity contribution is 0.687. The van der Waals surface area contributed by atoms with E-state index in [-0.39, 0.29) is 0 Å².